The number of benzene rings is 6. The Balaban J connectivity index is 0.00000118. The van der Waals surface area contributed by atoms with Crippen molar-refractivity contribution in [2.75, 3.05) is 0 Å². The molecule has 272 valence electrons. The van der Waals surface area contributed by atoms with E-state index in [1.165, 1.54) is 0 Å². The van der Waals surface area contributed by atoms with Gasteiger partial charge in [-0.3, -0.25) is 0 Å². The van der Waals surface area contributed by atoms with Gasteiger partial charge in [0.1, 0.15) is 17.2 Å². The number of aryl methyl sites for hydroxylation is 2. The predicted molar refractivity (Wildman–Crippen MR) is 218 cm³/mol. The topological polar surface area (TPSA) is 83.8 Å². The zero-order valence-corrected chi connectivity index (χ0v) is 30.0. The first-order chi connectivity index (χ1) is 24.2. The van der Waals surface area contributed by atoms with Crippen molar-refractivity contribution in [3.8, 4) is 45.3 Å². The molecule has 6 aromatic carbocycles. The molecule has 1 aliphatic rings. The van der Waals surface area contributed by atoms with Crippen molar-refractivity contribution in [2.45, 2.75) is 82.1 Å². The quantitative estimate of drug-likeness (QED) is 0.168. The average molecular weight is 696 g/mol. The van der Waals surface area contributed by atoms with Crippen LogP contribution in [0.5, 0.6) is 23.0 Å². The van der Waals surface area contributed by atoms with Crippen LogP contribution in [0.25, 0.3) is 22.3 Å². The first kappa shape index (κ1) is 40.9. The summed E-state index contributed by atoms with van der Waals surface area (Å²) in [5.74, 6) is 0.324. The van der Waals surface area contributed by atoms with Crippen molar-refractivity contribution >= 4 is 0 Å². The Hall–Kier alpha value is -5.48. The minimum absolute atomic E-state index is 0. The lowest BCUT2D eigenvalue weighted by Gasteiger charge is -2.24. The summed E-state index contributed by atoms with van der Waals surface area (Å²) < 4.78 is 0. The molecule has 0 saturated heterocycles. The first-order valence-electron chi connectivity index (χ1n) is 17.6. The summed E-state index contributed by atoms with van der Waals surface area (Å²) in [5.41, 5.74) is 11.0. The molecule has 0 fully saturated rings. The van der Waals surface area contributed by atoms with Gasteiger partial charge in [-0.2, -0.15) is 0 Å². The Morgan fingerprint density at radius 1 is 0.385 bits per heavy atom. The van der Waals surface area contributed by atoms with Gasteiger partial charge in [0.25, 0.3) is 0 Å². The third-order valence-electron chi connectivity index (χ3n) is 9.07. The van der Waals surface area contributed by atoms with E-state index in [0.717, 1.165) is 33.4 Å². The highest BCUT2D eigenvalue weighted by Gasteiger charge is 2.20. The minimum Gasteiger partial charge on any atom is -0.872 e. The summed E-state index contributed by atoms with van der Waals surface area (Å²) in [4.78, 5) is 0. The Bertz CT molecular complexity index is 1850. The minimum atomic E-state index is -0.0907. The molecule has 0 aliphatic heterocycles. The summed E-state index contributed by atoms with van der Waals surface area (Å²) >= 11 is 0. The van der Waals surface area contributed by atoms with Crippen LogP contribution in [0.1, 0.15) is 98.2 Å². The fourth-order valence-corrected chi connectivity index (χ4v) is 6.87. The van der Waals surface area contributed by atoms with Gasteiger partial charge in [-0.1, -0.05) is 162 Å². The van der Waals surface area contributed by atoms with Gasteiger partial charge in [0, 0.05) is 25.7 Å². The van der Waals surface area contributed by atoms with Crippen LogP contribution in [0.15, 0.2) is 109 Å². The molecule has 8 bridgehead atoms. The second kappa shape index (κ2) is 18.1. The van der Waals surface area contributed by atoms with Crippen LogP contribution in [0.2, 0.25) is 0 Å². The molecule has 52 heavy (non-hydrogen) atoms. The highest BCUT2D eigenvalue weighted by Crippen LogP contribution is 2.40. The van der Waals surface area contributed by atoms with Crippen molar-refractivity contribution in [3.63, 3.8) is 0 Å². The van der Waals surface area contributed by atoms with E-state index in [1.807, 2.05) is 151 Å². The lowest BCUT2D eigenvalue weighted by atomic mass is 9.87. The van der Waals surface area contributed by atoms with Crippen LogP contribution in [-0.2, 0) is 25.7 Å². The second-order valence-corrected chi connectivity index (χ2v) is 12.6. The van der Waals surface area contributed by atoms with Crippen LogP contribution in [0.3, 0.4) is 0 Å². The summed E-state index contributed by atoms with van der Waals surface area (Å²) in [7, 11) is 0. The molecule has 0 aromatic heterocycles. The van der Waals surface area contributed by atoms with Gasteiger partial charge >= 0.3 is 0 Å². The number of aromatic hydroxyl groups is 3. The third kappa shape index (κ3) is 8.69. The fourth-order valence-electron chi connectivity index (χ4n) is 6.87. The Morgan fingerprint density at radius 2 is 0.635 bits per heavy atom. The van der Waals surface area contributed by atoms with Gasteiger partial charge in [0.2, 0.25) is 0 Å². The van der Waals surface area contributed by atoms with E-state index < -0.39 is 0 Å². The molecule has 0 unspecified atom stereocenters. The molecule has 4 heteroatoms. The molecular formula is C48H55O4-. The Kier molecular flexibility index (Phi) is 14.3. The highest BCUT2D eigenvalue weighted by molar-refractivity contribution is 5.70. The van der Waals surface area contributed by atoms with Crippen molar-refractivity contribution in [1.29, 1.82) is 0 Å². The van der Waals surface area contributed by atoms with Crippen molar-refractivity contribution in [2.24, 2.45) is 0 Å². The summed E-state index contributed by atoms with van der Waals surface area (Å²) in [5, 5.41) is 49.1. The number of phenolic OH excluding ortho intramolecular Hbond substituents is 3. The van der Waals surface area contributed by atoms with Crippen molar-refractivity contribution in [1.82, 2.24) is 0 Å². The van der Waals surface area contributed by atoms with Gasteiger partial charge in [0.15, 0.2) is 0 Å². The summed E-state index contributed by atoms with van der Waals surface area (Å²) in [6.07, 6.45) is 1.09. The number of fused-ring (bicyclic) bond motifs is 8. The fraction of sp³-hybridized carbons (Fsp3) is 0.250. The van der Waals surface area contributed by atoms with E-state index in [-0.39, 0.29) is 50.7 Å². The van der Waals surface area contributed by atoms with Crippen LogP contribution >= 0.6 is 0 Å². The standard InChI is InChI=1S/C42H36O4.2C2H6.2CH4/c1-25-13-31-21-35-17-29(27-9-5-3-6-10-27)19-37(41(35)45)23-33-15-26(2)16-34(40(33)44)24-38-20-30(28-11-7-4-8-12-28)18-36(42(38)46)22-32(14-25)39(31)43;2*1-2;;/h3-20,43-46H,21-24H2,1-2H3;2*1-2H3;2*1H4/p-1. The maximum absolute atomic E-state index is 14.1. The Morgan fingerprint density at radius 3 is 0.942 bits per heavy atom. The van der Waals surface area contributed by atoms with E-state index >= 15 is 0 Å². The lowest BCUT2D eigenvalue weighted by Crippen LogP contribution is -2.07. The van der Waals surface area contributed by atoms with Crippen LogP contribution in [-0.4, -0.2) is 15.3 Å². The van der Waals surface area contributed by atoms with Crippen molar-refractivity contribution in [3.05, 3.63) is 165 Å². The maximum atomic E-state index is 14.1. The third-order valence-corrected chi connectivity index (χ3v) is 9.07. The SMILES string of the molecule is C.C.CC.CC.Cc1cc2c(O)c(c1)Cc1cc(-c3ccccc3)cc(c1O)Cc1cc(C)cc(c1O)Cc1cc(-c3ccccc3)cc(c1[O-])C2. The molecule has 7 rings (SSSR count). The number of hydrogen-bond acceptors (Lipinski definition) is 4. The molecule has 0 atom stereocenters. The molecule has 0 radical (unpaired) electrons. The average Bonchev–Trinajstić information content (AvgIpc) is 3.14. The zero-order valence-electron chi connectivity index (χ0n) is 30.0. The molecule has 0 saturated carbocycles. The summed E-state index contributed by atoms with van der Waals surface area (Å²) in [6.45, 7) is 12.0. The monoisotopic (exact) mass is 695 g/mol. The molecule has 0 amide bonds. The highest BCUT2D eigenvalue weighted by atomic mass is 16.3. The van der Waals surface area contributed by atoms with Gasteiger partial charge < -0.3 is 20.4 Å². The van der Waals surface area contributed by atoms with Crippen LogP contribution in [0, 0.1) is 13.8 Å². The van der Waals surface area contributed by atoms with E-state index in [0.29, 0.717) is 57.3 Å². The van der Waals surface area contributed by atoms with Crippen LogP contribution < -0.4 is 5.11 Å². The van der Waals surface area contributed by atoms with Crippen LogP contribution in [0.4, 0.5) is 0 Å². The van der Waals surface area contributed by atoms with Gasteiger partial charge in [-0.15, -0.1) is 5.75 Å². The molecule has 3 N–H and O–H groups in total. The van der Waals surface area contributed by atoms with E-state index in [2.05, 4.69) is 0 Å². The normalized spacial score (nSPS) is 11.3. The molecule has 1 aliphatic carbocycles. The summed E-state index contributed by atoms with van der Waals surface area (Å²) in [6, 6.07) is 35.5. The maximum Gasteiger partial charge on any atom is 0.122 e. The van der Waals surface area contributed by atoms with E-state index in [9.17, 15) is 20.4 Å². The predicted octanol–water partition coefficient (Wildman–Crippen LogP) is 11.8. The van der Waals surface area contributed by atoms with Gasteiger partial charge in [-0.05, 0) is 81.6 Å². The second-order valence-electron chi connectivity index (χ2n) is 12.6. The largest absolute Gasteiger partial charge is 0.872 e. The molecule has 0 heterocycles. The first-order valence-corrected chi connectivity index (χ1v) is 17.6. The number of rotatable bonds is 2. The molecular weight excluding hydrogens is 641 g/mol. The van der Waals surface area contributed by atoms with Gasteiger partial charge in [-0.25, -0.2) is 0 Å². The molecule has 6 aromatic rings. The number of hydrogen-bond donors (Lipinski definition) is 3. The smallest absolute Gasteiger partial charge is 0.122 e. The Labute approximate surface area is 311 Å². The van der Waals surface area contributed by atoms with Gasteiger partial charge in [0.05, 0.1) is 0 Å². The van der Waals surface area contributed by atoms with Crippen molar-refractivity contribution < 1.29 is 20.4 Å². The van der Waals surface area contributed by atoms with E-state index in [4.69, 9.17) is 0 Å². The zero-order chi connectivity index (χ0) is 35.9. The lowest BCUT2D eigenvalue weighted by molar-refractivity contribution is -0.270. The molecule has 0 spiro atoms. The molecule has 4 nitrogen and oxygen atoms in total. The number of phenols is 3. The van der Waals surface area contributed by atoms with E-state index in [1.54, 1.807) is 0 Å².